The summed E-state index contributed by atoms with van der Waals surface area (Å²) in [5.74, 6) is 0.219. The average Bonchev–Trinajstić information content (AvgIpc) is 2.30. The first kappa shape index (κ1) is 10.9. The fourth-order valence-corrected chi connectivity index (χ4v) is 2.62. The molecule has 1 rings (SSSR count). The molecule has 0 atom stereocenters. The lowest BCUT2D eigenvalue weighted by Crippen LogP contribution is -2.35. The van der Waals surface area contributed by atoms with Crippen molar-refractivity contribution in [2.24, 2.45) is 0 Å². The molecule has 0 aromatic carbocycles. The molecule has 0 unspecified atom stereocenters. The van der Waals surface area contributed by atoms with Gasteiger partial charge in [-0.15, -0.1) is 0 Å². The van der Waals surface area contributed by atoms with Crippen LogP contribution < -0.4 is 0 Å². The zero-order valence-electron chi connectivity index (χ0n) is 8.36. The molecule has 0 aromatic rings. The largest absolute Gasteiger partial charge is 0.305 e. The summed E-state index contributed by atoms with van der Waals surface area (Å²) in [6.45, 7) is 4.87. The van der Waals surface area contributed by atoms with Crippen LogP contribution in [0, 0.1) is 0 Å². The van der Waals surface area contributed by atoms with E-state index in [4.69, 9.17) is 0 Å². The third kappa shape index (κ3) is 2.93. The summed E-state index contributed by atoms with van der Waals surface area (Å²) in [6.07, 6.45) is 0.940. The Morgan fingerprint density at radius 3 is 2.46 bits per heavy atom. The highest BCUT2D eigenvalue weighted by atomic mass is 32.2. The van der Waals surface area contributed by atoms with E-state index in [-0.39, 0.29) is 5.75 Å². The highest BCUT2D eigenvalue weighted by Gasteiger charge is 2.21. The topological polar surface area (TPSA) is 40.6 Å². The first-order valence-corrected chi connectivity index (χ1v) is 6.33. The molecule has 4 nitrogen and oxygen atoms in total. The molecule has 0 saturated carbocycles. The van der Waals surface area contributed by atoms with Gasteiger partial charge in [0.1, 0.15) is 0 Å². The lowest BCUT2D eigenvalue weighted by atomic mass is 10.4. The quantitative estimate of drug-likeness (QED) is 0.637. The number of likely N-dealkylation sites (N-methyl/N-ethyl adjacent to an activating group) is 1. The molecule has 5 heteroatoms. The summed E-state index contributed by atoms with van der Waals surface area (Å²) in [7, 11) is -0.932. The first-order chi connectivity index (χ1) is 6.06. The van der Waals surface area contributed by atoms with Gasteiger partial charge in [0.25, 0.3) is 0 Å². The van der Waals surface area contributed by atoms with Crippen molar-refractivity contribution < 1.29 is 8.42 Å². The summed E-state index contributed by atoms with van der Waals surface area (Å²) in [5.41, 5.74) is 0. The van der Waals surface area contributed by atoms with Gasteiger partial charge in [-0.05, 0) is 26.9 Å². The molecule has 0 aliphatic carbocycles. The molecule has 1 saturated heterocycles. The van der Waals surface area contributed by atoms with Crippen molar-refractivity contribution in [1.29, 1.82) is 0 Å². The molecule has 1 aliphatic rings. The van der Waals surface area contributed by atoms with Crippen LogP contribution in [0.15, 0.2) is 0 Å². The van der Waals surface area contributed by atoms with E-state index in [1.54, 1.807) is 11.2 Å². The second kappa shape index (κ2) is 4.39. The summed E-state index contributed by atoms with van der Waals surface area (Å²) in [6, 6.07) is 0. The second-order valence-corrected chi connectivity index (χ2v) is 5.71. The van der Waals surface area contributed by atoms with Crippen molar-refractivity contribution in [1.82, 2.24) is 9.21 Å². The summed E-state index contributed by atoms with van der Waals surface area (Å²) in [5, 5.41) is 0. The van der Waals surface area contributed by atoms with Gasteiger partial charge >= 0.3 is 0 Å². The van der Waals surface area contributed by atoms with Gasteiger partial charge in [0.2, 0.25) is 10.0 Å². The van der Waals surface area contributed by atoms with Gasteiger partial charge in [0.05, 0.1) is 5.75 Å². The highest BCUT2D eigenvalue weighted by Crippen LogP contribution is 2.06. The van der Waals surface area contributed by atoms with E-state index in [9.17, 15) is 8.42 Å². The van der Waals surface area contributed by atoms with Crippen LogP contribution >= 0.6 is 0 Å². The molecule has 0 radical (unpaired) electrons. The Bertz CT molecular complexity index is 251. The molecule has 78 valence electrons. The van der Waals surface area contributed by atoms with Crippen molar-refractivity contribution in [3.63, 3.8) is 0 Å². The zero-order chi connectivity index (χ0) is 9.90. The van der Waals surface area contributed by atoms with E-state index in [0.717, 1.165) is 19.5 Å². The van der Waals surface area contributed by atoms with E-state index in [0.29, 0.717) is 13.1 Å². The number of rotatable bonds is 2. The lowest BCUT2D eigenvalue weighted by Gasteiger charge is -2.18. The molecule has 1 heterocycles. The van der Waals surface area contributed by atoms with E-state index in [1.807, 2.05) is 7.05 Å². The van der Waals surface area contributed by atoms with E-state index >= 15 is 0 Å². The maximum atomic E-state index is 11.5. The third-order valence-electron chi connectivity index (χ3n) is 2.44. The van der Waals surface area contributed by atoms with E-state index < -0.39 is 10.0 Å². The zero-order valence-corrected chi connectivity index (χ0v) is 9.18. The Morgan fingerprint density at radius 1 is 1.15 bits per heavy atom. The van der Waals surface area contributed by atoms with Crippen molar-refractivity contribution in [3.05, 3.63) is 0 Å². The summed E-state index contributed by atoms with van der Waals surface area (Å²) in [4.78, 5) is 2.17. The Balaban J connectivity index is 2.61. The van der Waals surface area contributed by atoms with Crippen LogP contribution in [0.3, 0.4) is 0 Å². The van der Waals surface area contributed by atoms with Gasteiger partial charge < -0.3 is 4.90 Å². The van der Waals surface area contributed by atoms with Crippen LogP contribution in [-0.2, 0) is 10.0 Å². The van der Waals surface area contributed by atoms with Crippen LogP contribution in [0.25, 0.3) is 0 Å². The number of hydrogen-bond donors (Lipinski definition) is 0. The minimum atomic E-state index is -2.96. The molecule has 1 fully saturated rings. The van der Waals surface area contributed by atoms with Gasteiger partial charge in [-0.2, -0.15) is 0 Å². The number of hydrogen-bond acceptors (Lipinski definition) is 3. The van der Waals surface area contributed by atoms with E-state index in [2.05, 4.69) is 4.90 Å². The van der Waals surface area contributed by atoms with Gasteiger partial charge in [-0.3, -0.25) is 0 Å². The fraction of sp³-hybridized carbons (Fsp3) is 1.00. The van der Waals surface area contributed by atoms with Crippen LogP contribution in [0.5, 0.6) is 0 Å². The minimum Gasteiger partial charge on any atom is -0.305 e. The summed E-state index contributed by atoms with van der Waals surface area (Å²) < 4.78 is 24.7. The maximum Gasteiger partial charge on any atom is 0.213 e. The molecule has 0 spiro atoms. The number of sulfonamides is 1. The smallest absolute Gasteiger partial charge is 0.213 e. The molecular weight excluding hydrogens is 188 g/mol. The van der Waals surface area contributed by atoms with Crippen LogP contribution in [0.1, 0.15) is 13.3 Å². The SMILES string of the molecule is CCS(=O)(=O)N1CCCN(C)CC1. The molecular formula is C8H18N2O2S. The van der Waals surface area contributed by atoms with Gasteiger partial charge in [0.15, 0.2) is 0 Å². The molecule has 0 bridgehead atoms. The Morgan fingerprint density at radius 2 is 1.85 bits per heavy atom. The third-order valence-corrected chi connectivity index (χ3v) is 4.32. The molecule has 0 N–H and O–H groups in total. The number of nitrogens with zero attached hydrogens (tertiary/aromatic N) is 2. The van der Waals surface area contributed by atoms with Crippen LogP contribution in [-0.4, -0.2) is 56.6 Å². The maximum absolute atomic E-state index is 11.5. The Kier molecular flexibility index (Phi) is 3.70. The van der Waals surface area contributed by atoms with Crippen molar-refractivity contribution in [2.45, 2.75) is 13.3 Å². The predicted octanol–water partition coefficient (Wildman–Crippen LogP) is -0.0264. The lowest BCUT2D eigenvalue weighted by molar-refractivity contribution is 0.347. The van der Waals surface area contributed by atoms with Gasteiger partial charge in [-0.25, -0.2) is 12.7 Å². The van der Waals surface area contributed by atoms with Crippen LogP contribution in [0.4, 0.5) is 0 Å². The monoisotopic (exact) mass is 206 g/mol. The minimum absolute atomic E-state index is 0.219. The summed E-state index contributed by atoms with van der Waals surface area (Å²) >= 11 is 0. The van der Waals surface area contributed by atoms with Crippen molar-refractivity contribution in [3.8, 4) is 0 Å². The van der Waals surface area contributed by atoms with E-state index in [1.165, 1.54) is 0 Å². The standard InChI is InChI=1S/C8H18N2O2S/c1-3-13(11,12)10-6-4-5-9(2)7-8-10/h3-8H2,1-2H3. The highest BCUT2D eigenvalue weighted by molar-refractivity contribution is 7.89. The Labute approximate surface area is 80.6 Å². The van der Waals surface area contributed by atoms with Gasteiger partial charge in [-0.1, -0.05) is 0 Å². The molecule has 13 heavy (non-hydrogen) atoms. The molecule has 0 aromatic heterocycles. The first-order valence-electron chi connectivity index (χ1n) is 4.72. The molecule has 1 aliphatic heterocycles. The second-order valence-electron chi connectivity index (χ2n) is 3.46. The van der Waals surface area contributed by atoms with Crippen molar-refractivity contribution in [2.75, 3.05) is 39.0 Å². The van der Waals surface area contributed by atoms with Gasteiger partial charge in [0, 0.05) is 19.6 Å². The van der Waals surface area contributed by atoms with Crippen molar-refractivity contribution >= 4 is 10.0 Å². The fourth-order valence-electron chi connectivity index (χ4n) is 1.48. The predicted molar refractivity (Wildman–Crippen MR) is 53.1 cm³/mol. The normalized spacial score (nSPS) is 22.9. The van der Waals surface area contributed by atoms with Crippen LogP contribution in [0.2, 0.25) is 0 Å². The average molecular weight is 206 g/mol. The Hall–Kier alpha value is -0.130. The molecule has 0 amide bonds.